The fourth-order valence-corrected chi connectivity index (χ4v) is 3.97. The van der Waals surface area contributed by atoms with Crippen molar-refractivity contribution >= 4 is 40.8 Å². The molecular weight excluding hydrogens is 472 g/mol. The van der Waals surface area contributed by atoms with Crippen molar-refractivity contribution in [3.05, 3.63) is 64.8 Å². The van der Waals surface area contributed by atoms with Gasteiger partial charge in [-0.05, 0) is 55.9 Å². The molecule has 1 aromatic carbocycles. The molecule has 2 aromatic rings. The number of hydrogen-bond donors (Lipinski definition) is 6. The highest BCUT2D eigenvalue weighted by atomic mass is 14.8. The van der Waals surface area contributed by atoms with Gasteiger partial charge < -0.3 is 33.3 Å². The van der Waals surface area contributed by atoms with Crippen LogP contribution < -0.4 is 22.5 Å². The smallest absolute Gasteiger partial charge is 0.0774 e. The van der Waals surface area contributed by atoms with Crippen LogP contribution in [0.5, 0.6) is 0 Å². The Morgan fingerprint density at radius 3 is 2.37 bits per heavy atom. The lowest BCUT2D eigenvalue weighted by molar-refractivity contribution is 0.686. The Morgan fingerprint density at radius 2 is 1.84 bits per heavy atom. The first-order valence-electron chi connectivity index (χ1n) is 13.2. The number of allylic oxidation sites excluding steroid dienone is 3. The number of benzene rings is 1. The van der Waals surface area contributed by atoms with E-state index in [1.165, 1.54) is 30.0 Å². The molecule has 1 aromatic heterocycles. The van der Waals surface area contributed by atoms with Crippen LogP contribution in [0.3, 0.4) is 0 Å². The van der Waals surface area contributed by atoms with Crippen molar-refractivity contribution in [1.82, 2.24) is 10.3 Å². The lowest BCUT2D eigenvalue weighted by atomic mass is 9.85. The third-order valence-electron chi connectivity index (χ3n) is 5.98. The number of aliphatic imine (C=N–C) groups is 1. The highest BCUT2D eigenvalue weighted by molar-refractivity contribution is 6.11. The Bertz CT molecular complexity index is 1170. The van der Waals surface area contributed by atoms with E-state index < -0.39 is 0 Å². The van der Waals surface area contributed by atoms with Gasteiger partial charge in [0.1, 0.15) is 0 Å². The first kappa shape index (κ1) is 32.1. The molecule has 1 aliphatic rings. The number of pyridine rings is 1. The van der Waals surface area contributed by atoms with Crippen LogP contribution in [0.15, 0.2) is 47.4 Å². The van der Waals surface area contributed by atoms with Crippen LogP contribution in [0.2, 0.25) is 0 Å². The van der Waals surface area contributed by atoms with Crippen LogP contribution in [-0.2, 0) is 12.8 Å². The SMILES string of the molecule is C/C=C(/N)CC=N.C=C(CCN=C/C(=C\N)c1nc2ccc(N)c(C=N)c2c2c1CCCC2)NC.CCC. The van der Waals surface area contributed by atoms with E-state index in [2.05, 4.69) is 30.7 Å². The van der Waals surface area contributed by atoms with Crippen LogP contribution in [0.1, 0.15) is 75.3 Å². The fourth-order valence-electron chi connectivity index (χ4n) is 3.97. The Morgan fingerprint density at radius 1 is 1.18 bits per heavy atom. The summed E-state index contributed by atoms with van der Waals surface area (Å²) in [4.78, 5) is 9.42. The van der Waals surface area contributed by atoms with Crippen molar-refractivity contribution in [2.45, 2.75) is 65.7 Å². The molecule has 0 saturated heterocycles. The lowest BCUT2D eigenvalue weighted by Gasteiger charge is -2.22. The maximum atomic E-state index is 7.82. The maximum Gasteiger partial charge on any atom is 0.0774 e. The number of rotatable bonds is 9. The van der Waals surface area contributed by atoms with Gasteiger partial charge in [-0.1, -0.05) is 32.9 Å². The normalized spacial score (nSPS) is 13.1. The van der Waals surface area contributed by atoms with E-state index in [1.807, 2.05) is 26.1 Å². The van der Waals surface area contributed by atoms with Crippen LogP contribution in [-0.4, -0.2) is 37.2 Å². The van der Waals surface area contributed by atoms with Crippen molar-refractivity contribution in [3.8, 4) is 0 Å². The van der Waals surface area contributed by atoms with Gasteiger partial charge in [0.15, 0.2) is 0 Å². The molecule has 0 unspecified atom stereocenters. The summed E-state index contributed by atoms with van der Waals surface area (Å²) < 4.78 is 0. The van der Waals surface area contributed by atoms with Crippen LogP contribution in [0.4, 0.5) is 5.69 Å². The second-order valence-corrected chi connectivity index (χ2v) is 8.97. The molecule has 0 amide bonds. The molecule has 9 N–H and O–H groups in total. The van der Waals surface area contributed by atoms with Gasteiger partial charge in [-0.2, -0.15) is 0 Å². The molecule has 0 fully saturated rings. The highest BCUT2D eigenvalue weighted by Gasteiger charge is 2.22. The summed E-state index contributed by atoms with van der Waals surface area (Å²) in [7, 11) is 1.86. The van der Waals surface area contributed by atoms with Crippen molar-refractivity contribution in [1.29, 1.82) is 10.8 Å². The van der Waals surface area contributed by atoms with Crippen LogP contribution in [0.25, 0.3) is 16.5 Å². The van der Waals surface area contributed by atoms with Gasteiger partial charge in [-0.15, -0.1) is 0 Å². The molecule has 0 radical (unpaired) electrons. The minimum atomic E-state index is 0.580. The zero-order valence-electron chi connectivity index (χ0n) is 23.5. The molecular formula is C30H46N8. The monoisotopic (exact) mass is 518 g/mol. The lowest BCUT2D eigenvalue weighted by Crippen LogP contribution is -2.12. The number of nitrogens with two attached hydrogens (primary N) is 3. The van der Waals surface area contributed by atoms with Crippen molar-refractivity contribution in [2.24, 2.45) is 16.5 Å². The molecule has 8 nitrogen and oxygen atoms in total. The summed E-state index contributed by atoms with van der Waals surface area (Å²) >= 11 is 0. The molecule has 1 aliphatic carbocycles. The number of nitrogen functional groups attached to an aromatic ring is 1. The van der Waals surface area contributed by atoms with Gasteiger partial charge in [0.05, 0.1) is 11.2 Å². The Balaban J connectivity index is 0.000000618. The summed E-state index contributed by atoms with van der Waals surface area (Å²) in [6, 6.07) is 3.75. The number of aromatic nitrogens is 1. The molecule has 0 atom stereocenters. The first-order valence-corrected chi connectivity index (χ1v) is 13.2. The number of anilines is 1. The van der Waals surface area contributed by atoms with E-state index in [0.29, 0.717) is 18.7 Å². The molecule has 38 heavy (non-hydrogen) atoms. The Hall–Kier alpha value is -3.94. The van der Waals surface area contributed by atoms with Crippen molar-refractivity contribution in [2.75, 3.05) is 19.3 Å². The predicted octanol–water partition coefficient (Wildman–Crippen LogP) is 5.49. The van der Waals surface area contributed by atoms with Crippen LogP contribution >= 0.6 is 0 Å². The zero-order chi connectivity index (χ0) is 28.5. The molecule has 206 valence electrons. The number of hydrogen-bond acceptors (Lipinski definition) is 8. The molecule has 1 heterocycles. The number of aryl methyl sites for hydroxylation is 1. The summed E-state index contributed by atoms with van der Waals surface area (Å²) in [6.45, 7) is 10.7. The highest BCUT2D eigenvalue weighted by Crippen LogP contribution is 2.35. The third-order valence-corrected chi connectivity index (χ3v) is 5.98. The van der Waals surface area contributed by atoms with Gasteiger partial charge in [-0.25, -0.2) is 4.98 Å². The van der Waals surface area contributed by atoms with E-state index in [9.17, 15) is 0 Å². The molecule has 0 bridgehead atoms. The topological polar surface area (TPSA) is 163 Å². The zero-order valence-corrected chi connectivity index (χ0v) is 23.5. The van der Waals surface area contributed by atoms with Crippen LogP contribution in [0, 0.1) is 10.8 Å². The van der Waals surface area contributed by atoms with Gasteiger partial charge >= 0.3 is 0 Å². The largest absolute Gasteiger partial charge is 0.404 e. The van der Waals surface area contributed by atoms with Crippen molar-refractivity contribution in [3.63, 3.8) is 0 Å². The predicted molar refractivity (Wildman–Crippen MR) is 166 cm³/mol. The average Bonchev–Trinajstić information content (AvgIpc) is 2.93. The minimum Gasteiger partial charge on any atom is -0.404 e. The molecule has 8 heteroatoms. The summed E-state index contributed by atoms with van der Waals surface area (Å²) in [6.07, 6.45) is 14.6. The molecule has 0 saturated carbocycles. The number of fused-ring (bicyclic) bond motifs is 3. The van der Waals surface area contributed by atoms with E-state index >= 15 is 0 Å². The third kappa shape index (κ3) is 9.18. The molecule has 0 aliphatic heterocycles. The van der Waals surface area contributed by atoms with E-state index in [-0.39, 0.29) is 0 Å². The Labute approximate surface area is 228 Å². The number of nitrogens with zero attached hydrogens (tertiary/aromatic N) is 2. The molecule has 3 rings (SSSR count). The van der Waals surface area contributed by atoms with E-state index in [0.717, 1.165) is 71.2 Å². The van der Waals surface area contributed by atoms with Gasteiger partial charge in [0.2, 0.25) is 0 Å². The number of nitrogens with one attached hydrogen (secondary N) is 3. The minimum absolute atomic E-state index is 0.580. The molecule has 0 spiro atoms. The first-order chi connectivity index (χ1) is 18.3. The maximum absolute atomic E-state index is 7.82. The second kappa shape index (κ2) is 17.5. The fraction of sp³-hybridized carbons (Fsp3) is 0.400. The van der Waals surface area contributed by atoms with Crippen molar-refractivity contribution < 1.29 is 0 Å². The second-order valence-electron chi connectivity index (χ2n) is 8.97. The van der Waals surface area contributed by atoms with E-state index in [1.54, 1.807) is 18.5 Å². The van der Waals surface area contributed by atoms with Gasteiger partial charge in [-0.3, -0.25) is 4.99 Å². The Kier molecular flexibility index (Phi) is 14.8. The van der Waals surface area contributed by atoms with E-state index in [4.69, 9.17) is 33.0 Å². The van der Waals surface area contributed by atoms with Gasteiger partial charge in [0.25, 0.3) is 0 Å². The van der Waals surface area contributed by atoms with Gasteiger partial charge in [0, 0.05) is 84.9 Å². The summed E-state index contributed by atoms with van der Waals surface area (Å²) in [5.41, 5.74) is 25.5. The quantitative estimate of drug-likeness (QED) is 0.191. The summed E-state index contributed by atoms with van der Waals surface area (Å²) in [5, 5.41) is 18.4. The standard InChI is InChI=1S/C22H28N6.C5H10N2.C3H8/c1-14(26-2)9-10-27-13-15(11-23)22-17-6-4-3-5-16(17)21-18(12-24)19(25)7-8-20(21)28-22;1-2-5(7)3-4-6;1-3-2/h7-8,11-13,24,26H,1,3-6,9-10,23,25H2,2H3;2,4,6H,3,7H2,1H3;3H2,1-2H3/b15-11+,24-12?,27-13?;5-2+,6-4?;. The average molecular weight is 519 g/mol. The summed E-state index contributed by atoms with van der Waals surface area (Å²) in [5.74, 6) is 0.